The molecule has 0 aliphatic carbocycles. The Hall–Kier alpha value is -1.56. The lowest BCUT2D eigenvalue weighted by molar-refractivity contribution is 0.249. The molecule has 1 aliphatic rings. The average Bonchev–Trinajstić information content (AvgIpc) is 2.56. The number of anilines is 1. The first-order chi connectivity index (χ1) is 11.6. The van der Waals surface area contributed by atoms with E-state index in [-0.39, 0.29) is 11.6 Å². The summed E-state index contributed by atoms with van der Waals surface area (Å²) in [5.41, 5.74) is 0.935. The molecule has 0 atom stereocenters. The monoisotopic (exact) mass is 369 g/mol. The Kier molecular flexibility index (Phi) is 5.43. The van der Waals surface area contributed by atoms with Crippen LogP contribution in [0.15, 0.2) is 30.5 Å². The van der Waals surface area contributed by atoms with Crippen molar-refractivity contribution in [3.63, 3.8) is 0 Å². The molecule has 0 spiro atoms. The largest absolute Gasteiger partial charge is 0.494 e. The van der Waals surface area contributed by atoms with Crippen molar-refractivity contribution < 1.29 is 9.13 Å². The van der Waals surface area contributed by atoms with E-state index in [9.17, 15) is 4.39 Å². The Morgan fingerprint density at radius 2 is 1.92 bits per heavy atom. The Morgan fingerprint density at radius 3 is 2.54 bits per heavy atom. The first kappa shape index (κ1) is 17.3. The van der Waals surface area contributed by atoms with Crippen molar-refractivity contribution in [1.82, 2.24) is 9.88 Å². The molecule has 0 bridgehead atoms. The van der Waals surface area contributed by atoms with Crippen LogP contribution in [-0.2, 0) is 6.54 Å². The molecule has 24 heavy (non-hydrogen) atoms. The predicted molar refractivity (Wildman–Crippen MR) is 94.7 cm³/mol. The van der Waals surface area contributed by atoms with Crippen molar-refractivity contribution in [2.24, 2.45) is 0 Å². The molecular weight excluding hydrogens is 352 g/mol. The number of ether oxygens (including phenoxy) is 1. The quantitative estimate of drug-likeness (QED) is 0.817. The second-order valence-corrected chi connectivity index (χ2v) is 6.53. The Balaban J connectivity index is 1.60. The molecule has 128 valence electrons. The molecule has 1 fully saturated rings. The summed E-state index contributed by atoms with van der Waals surface area (Å²) in [4.78, 5) is 8.74. The molecule has 2 heterocycles. The number of rotatable bonds is 4. The molecule has 0 radical (unpaired) electrons. The average molecular weight is 370 g/mol. The van der Waals surface area contributed by atoms with Gasteiger partial charge >= 0.3 is 0 Å². The number of pyridine rings is 1. The number of hydrogen-bond donors (Lipinski definition) is 0. The first-order valence-corrected chi connectivity index (χ1v) is 8.43. The predicted octanol–water partition coefficient (Wildman–Crippen LogP) is 3.86. The molecule has 1 aliphatic heterocycles. The molecule has 3 rings (SSSR count). The van der Waals surface area contributed by atoms with E-state index in [2.05, 4.69) is 14.8 Å². The SMILES string of the molecule is COc1ccc(CN2CCN(c3ncc(Cl)cc3Cl)CC2)cc1F. The molecule has 0 saturated carbocycles. The molecule has 0 unspecified atom stereocenters. The van der Waals surface area contributed by atoms with Crippen LogP contribution < -0.4 is 9.64 Å². The van der Waals surface area contributed by atoms with Gasteiger partial charge in [-0.25, -0.2) is 9.37 Å². The van der Waals surface area contributed by atoms with Crippen LogP contribution in [-0.4, -0.2) is 43.2 Å². The summed E-state index contributed by atoms with van der Waals surface area (Å²) in [5.74, 6) is 0.703. The van der Waals surface area contributed by atoms with Gasteiger partial charge < -0.3 is 9.64 Å². The number of hydrogen-bond acceptors (Lipinski definition) is 4. The van der Waals surface area contributed by atoms with Gasteiger partial charge in [0.1, 0.15) is 5.82 Å². The molecule has 7 heteroatoms. The summed E-state index contributed by atoms with van der Waals surface area (Å²) in [7, 11) is 1.47. The van der Waals surface area contributed by atoms with Gasteiger partial charge in [0.2, 0.25) is 0 Å². The van der Waals surface area contributed by atoms with Crippen LogP contribution >= 0.6 is 23.2 Å². The first-order valence-electron chi connectivity index (χ1n) is 7.67. The van der Waals surface area contributed by atoms with Crippen molar-refractivity contribution in [2.75, 3.05) is 38.2 Å². The van der Waals surface area contributed by atoms with E-state index in [1.165, 1.54) is 13.2 Å². The molecular formula is C17H18Cl2FN3O. The van der Waals surface area contributed by atoms with Crippen LogP contribution in [0.5, 0.6) is 5.75 Å². The number of nitrogens with zero attached hydrogens (tertiary/aromatic N) is 3. The van der Waals surface area contributed by atoms with Crippen molar-refractivity contribution in [2.45, 2.75) is 6.54 Å². The lowest BCUT2D eigenvalue weighted by Gasteiger charge is -2.35. The van der Waals surface area contributed by atoms with Gasteiger partial charge in [0.05, 0.1) is 17.2 Å². The number of aromatic nitrogens is 1. The maximum absolute atomic E-state index is 13.8. The zero-order valence-corrected chi connectivity index (χ0v) is 14.8. The molecule has 0 amide bonds. The Morgan fingerprint density at radius 1 is 1.17 bits per heavy atom. The van der Waals surface area contributed by atoms with Crippen molar-refractivity contribution in [3.8, 4) is 5.75 Å². The fourth-order valence-corrected chi connectivity index (χ4v) is 3.32. The highest BCUT2D eigenvalue weighted by Crippen LogP contribution is 2.27. The normalized spacial score (nSPS) is 15.6. The van der Waals surface area contributed by atoms with Crippen LogP contribution in [0, 0.1) is 5.82 Å². The Bertz CT molecular complexity index is 721. The van der Waals surface area contributed by atoms with Gasteiger partial charge in [0.15, 0.2) is 11.6 Å². The molecule has 4 nitrogen and oxygen atoms in total. The van der Waals surface area contributed by atoms with E-state index < -0.39 is 0 Å². The maximum atomic E-state index is 13.8. The maximum Gasteiger partial charge on any atom is 0.165 e. The zero-order chi connectivity index (χ0) is 17.1. The topological polar surface area (TPSA) is 28.6 Å². The molecule has 1 aromatic heterocycles. The summed E-state index contributed by atoms with van der Waals surface area (Å²) in [5, 5.41) is 1.09. The van der Waals surface area contributed by atoms with Gasteiger partial charge in [-0.05, 0) is 23.8 Å². The summed E-state index contributed by atoms with van der Waals surface area (Å²) < 4.78 is 18.7. The highest BCUT2D eigenvalue weighted by molar-refractivity contribution is 6.36. The van der Waals surface area contributed by atoms with Gasteiger partial charge in [-0.3, -0.25) is 4.90 Å². The fourth-order valence-electron chi connectivity index (χ4n) is 2.82. The summed E-state index contributed by atoms with van der Waals surface area (Å²) >= 11 is 12.1. The van der Waals surface area contributed by atoms with Gasteiger partial charge in [0.25, 0.3) is 0 Å². The second-order valence-electron chi connectivity index (χ2n) is 5.69. The van der Waals surface area contributed by atoms with Crippen LogP contribution in [0.3, 0.4) is 0 Å². The van der Waals surface area contributed by atoms with E-state index in [4.69, 9.17) is 27.9 Å². The highest BCUT2D eigenvalue weighted by Gasteiger charge is 2.20. The Labute approximate surface area is 150 Å². The number of methoxy groups -OCH3 is 1. The standard InChI is InChI=1S/C17H18Cl2FN3O/c1-24-16-3-2-12(8-15(16)20)11-22-4-6-23(7-5-22)17-14(19)9-13(18)10-21-17/h2-3,8-10H,4-7,11H2,1H3. The van der Waals surface area contributed by atoms with Crippen LogP contribution in [0.4, 0.5) is 10.2 Å². The lowest BCUT2D eigenvalue weighted by Crippen LogP contribution is -2.46. The minimum atomic E-state index is -0.328. The van der Waals surface area contributed by atoms with Gasteiger partial charge in [-0.2, -0.15) is 0 Å². The van der Waals surface area contributed by atoms with Crippen molar-refractivity contribution >= 4 is 29.0 Å². The van der Waals surface area contributed by atoms with E-state index in [0.717, 1.165) is 37.6 Å². The van der Waals surface area contributed by atoms with Gasteiger partial charge in [-0.15, -0.1) is 0 Å². The molecule has 1 saturated heterocycles. The third kappa shape index (κ3) is 3.91. The van der Waals surface area contributed by atoms with Crippen LogP contribution in [0.1, 0.15) is 5.56 Å². The van der Waals surface area contributed by atoms with E-state index >= 15 is 0 Å². The highest BCUT2D eigenvalue weighted by atomic mass is 35.5. The minimum absolute atomic E-state index is 0.270. The molecule has 2 aromatic rings. The number of piperazine rings is 1. The third-order valence-corrected chi connectivity index (χ3v) is 4.57. The minimum Gasteiger partial charge on any atom is -0.494 e. The number of benzene rings is 1. The van der Waals surface area contributed by atoms with Gasteiger partial charge in [0, 0.05) is 38.9 Å². The molecule has 0 N–H and O–H groups in total. The molecule has 1 aromatic carbocycles. The van der Waals surface area contributed by atoms with Crippen LogP contribution in [0.25, 0.3) is 0 Å². The zero-order valence-electron chi connectivity index (χ0n) is 13.3. The summed E-state index contributed by atoms with van der Waals surface area (Å²) in [6.45, 7) is 4.04. The van der Waals surface area contributed by atoms with E-state index in [1.807, 2.05) is 6.07 Å². The van der Waals surface area contributed by atoms with Crippen molar-refractivity contribution in [3.05, 3.63) is 51.9 Å². The second kappa shape index (κ2) is 7.55. The lowest BCUT2D eigenvalue weighted by atomic mass is 10.2. The van der Waals surface area contributed by atoms with Crippen molar-refractivity contribution in [1.29, 1.82) is 0 Å². The fraction of sp³-hybridized carbons (Fsp3) is 0.353. The number of halogens is 3. The smallest absolute Gasteiger partial charge is 0.165 e. The van der Waals surface area contributed by atoms with Gasteiger partial charge in [-0.1, -0.05) is 29.3 Å². The van der Waals surface area contributed by atoms with E-state index in [1.54, 1.807) is 18.3 Å². The third-order valence-electron chi connectivity index (χ3n) is 4.08. The summed E-state index contributed by atoms with van der Waals surface area (Å²) in [6.07, 6.45) is 1.61. The summed E-state index contributed by atoms with van der Waals surface area (Å²) in [6, 6.07) is 6.80. The van der Waals surface area contributed by atoms with Crippen LogP contribution in [0.2, 0.25) is 10.0 Å². The van der Waals surface area contributed by atoms with E-state index in [0.29, 0.717) is 16.6 Å².